The van der Waals surface area contributed by atoms with E-state index < -0.39 is 0 Å². The second-order valence-electron chi connectivity index (χ2n) is 5.80. The number of benzene rings is 2. The van der Waals surface area contributed by atoms with Crippen LogP contribution in [0.25, 0.3) is 0 Å². The van der Waals surface area contributed by atoms with Gasteiger partial charge < -0.3 is 0 Å². The van der Waals surface area contributed by atoms with Crippen LogP contribution in [0.4, 0.5) is 5.69 Å². The smallest absolute Gasteiger partial charge is 0.154 e. The van der Waals surface area contributed by atoms with Gasteiger partial charge in [-0.15, -0.1) is 0 Å². The van der Waals surface area contributed by atoms with Crippen molar-refractivity contribution >= 4 is 28.8 Å². The van der Waals surface area contributed by atoms with E-state index in [9.17, 15) is 0 Å². The first-order valence-electron chi connectivity index (χ1n) is 7.90. The third-order valence-corrected chi connectivity index (χ3v) is 4.23. The second-order valence-corrected chi connectivity index (χ2v) is 6.23. The standard InChI is InChI=1S/C20H15ClN4/c1-13-2-4-15(5-3-13)20-23-18-7-6-16(21)12-17(18)19(24-25-20)14-8-10-22-11-9-14/h2-12H,1H3,(H,23,25). The Kier molecular flexibility index (Phi) is 4.04. The van der Waals surface area contributed by atoms with Crippen molar-refractivity contribution < 1.29 is 0 Å². The Morgan fingerprint density at radius 2 is 1.64 bits per heavy atom. The molecule has 0 unspecified atom stereocenters. The molecule has 1 N–H and O–H groups in total. The quantitative estimate of drug-likeness (QED) is 0.743. The van der Waals surface area contributed by atoms with E-state index in [0.717, 1.165) is 28.1 Å². The van der Waals surface area contributed by atoms with Crippen LogP contribution in [0.5, 0.6) is 0 Å². The van der Waals surface area contributed by atoms with Gasteiger partial charge in [-0.05, 0) is 37.3 Å². The van der Waals surface area contributed by atoms with Crippen LogP contribution in [0.1, 0.15) is 22.3 Å². The average molecular weight is 347 g/mol. The van der Waals surface area contributed by atoms with E-state index >= 15 is 0 Å². The van der Waals surface area contributed by atoms with Gasteiger partial charge in [0, 0.05) is 34.1 Å². The van der Waals surface area contributed by atoms with Gasteiger partial charge in [-0.1, -0.05) is 41.4 Å². The van der Waals surface area contributed by atoms with Crippen molar-refractivity contribution in [2.24, 2.45) is 10.1 Å². The van der Waals surface area contributed by atoms with Crippen LogP contribution < -0.4 is 5.43 Å². The number of pyridine rings is 1. The van der Waals surface area contributed by atoms with Gasteiger partial charge in [0.2, 0.25) is 0 Å². The fourth-order valence-electron chi connectivity index (χ4n) is 2.68. The number of amidine groups is 1. The summed E-state index contributed by atoms with van der Waals surface area (Å²) >= 11 is 6.22. The van der Waals surface area contributed by atoms with Crippen molar-refractivity contribution in [1.29, 1.82) is 0 Å². The molecule has 4 nitrogen and oxygen atoms in total. The Labute approximate surface area is 150 Å². The van der Waals surface area contributed by atoms with Gasteiger partial charge in [0.1, 0.15) is 5.71 Å². The van der Waals surface area contributed by atoms with Gasteiger partial charge in [0.05, 0.1) is 5.69 Å². The Balaban J connectivity index is 1.87. The lowest BCUT2D eigenvalue weighted by atomic mass is 10.0. The number of hydrogen-bond donors (Lipinski definition) is 1. The molecular weight excluding hydrogens is 332 g/mol. The summed E-state index contributed by atoms with van der Waals surface area (Å²) in [6.45, 7) is 2.06. The Morgan fingerprint density at radius 3 is 2.40 bits per heavy atom. The van der Waals surface area contributed by atoms with Gasteiger partial charge in [-0.25, -0.2) is 4.99 Å². The minimum Gasteiger partial charge on any atom is -0.265 e. The van der Waals surface area contributed by atoms with Crippen LogP contribution in [-0.4, -0.2) is 16.5 Å². The van der Waals surface area contributed by atoms with Crippen LogP contribution in [0.3, 0.4) is 0 Å². The number of hydrazone groups is 1. The Hall–Kier alpha value is -2.98. The summed E-state index contributed by atoms with van der Waals surface area (Å²) in [5.74, 6) is 0.702. The molecule has 4 rings (SSSR count). The highest BCUT2D eigenvalue weighted by Gasteiger charge is 2.17. The van der Waals surface area contributed by atoms with Crippen LogP contribution in [0.2, 0.25) is 5.02 Å². The zero-order valence-corrected chi connectivity index (χ0v) is 14.3. The third-order valence-electron chi connectivity index (χ3n) is 4.00. The van der Waals surface area contributed by atoms with Crippen LogP contribution in [0.15, 0.2) is 77.1 Å². The van der Waals surface area contributed by atoms with Crippen molar-refractivity contribution in [3.8, 4) is 0 Å². The largest absolute Gasteiger partial charge is 0.265 e. The van der Waals surface area contributed by atoms with Crippen LogP contribution >= 0.6 is 11.6 Å². The lowest BCUT2D eigenvalue weighted by molar-refractivity contribution is 1.03. The molecule has 2 aromatic carbocycles. The first-order valence-corrected chi connectivity index (χ1v) is 8.28. The molecule has 0 atom stereocenters. The number of aliphatic imine (C=N–C) groups is 1. The summed E-state index contributed by atoms with van der Waals surface area (Å²) < 4.78 is 0. The molecule has 1 aliphatic rings. The van der Waals surface area contributed by atoms with E-state index in [4.69, 9.17) is 16.6 Å². The SMILES string of the molecule is Cc1ccc(C2=Nc3ccc(Cl)cc3C(c3ccncc3)=NN2)cc1. The minimum absolute atomic E-state index is 0.648. The van der Waals surface area contributed by atoms with Gasteiger partial charge >= 0.3 is 0 Å². The molecule has 122 valence electrons. The lowest BCUT2D eigenvalue weighted by Crippen LogP contribution is -2.19. The zero-order valence-electron chi connectivity index (χ0n) is 13.6. The summed E-state index contributed by atoms with van der Waals surface area (Å²) in [7, 11) is 0. The van der Waals surface area contributed by atoms with Crippen molar-refractivity contribution in [1.82, 2.24) is 10.4 Å². The van der Waals surface area contributed by atoms with E-state index in [1.54, 1.807) is 12.4 Å². The second kappa shape index (κ2) is 6.49. The topological polar surface area (TPSA) is 49.6 Å². The lowest BCUT2D eigenvalue weighted by Gasteiger charge is -2.07. The first-order chi connectivity index (χ1) is 12.2. The summed E-state index contributed by atoms with van der Waals surface area (Å²) in [6.07, 6.45) is 3.49. The maximum Gasteiger partial charge on any atom is 0.154 e. The first kappa shape index (κ1) is 15.5. The van der Waals surface area contributed by atoms with Crippen LogP contribution in [0, 0.1) is 6.92 Å². The number of aryl methyl sites for hydroxylation is 1. The third kappa shape index (κ3) is 3.16. The van der Waals surface area contributed by atoms with Crippen molar-refractivity contribution in [3.63, 3.8) is 0 Å². The van der Waals surface area contributed by atoms with E-state index in [-0.39, 0.29) is 0 Å². The summed E-state index contributed by atoms with van der Waals surface area (Å²) in [5.41, 5.74) is 8.72. The summed E-state index contributed by atoms with van der Waals surface area (Å²) in [5, 5.41) is 5.25. The number of nitrogens with one attached hydrogen (secondary N) is 1. The van der Waals surface area contributed by atoms with E-state index in [1.165, 1.54) is 5.56 Å². The number of rotatable bonds is 2. The number of hydrogen-bond acceptors (Lipinski definition) is 4. The molecule has 0 radical (unpaired) electrons. The average Bonchev–Trinajstić information content (AvgIpc) is 2.82. The highest BCUT2D eigenvalue weighted by Crippen LogP contribution is 2.28. The zero-order chi connectivity index (χ0) is 17.2. The monoisotopic (exact) mass is 346 g/mol. The predicted octanol–water partition coefficient (Wildman–Crippen LogP) is 4.48. The van der Waals surface area contributed by atoms with E-state index in [1.807, 2.05) is 42.5 Å². The molecule has 0 spiro atoms. The summed E-state index contributed by atoms with van der Waals surface area (Å²) in [4.78, 5) is 8.85. The maximum absolute atomic E-state index is 6.22. The normalized spacial score (nSPS) is 13.2. The van der Waals surface area contributed by atoms with E-state index in [0.29, 0.717) is 10.9 Å². The number of fused-ring (bicyclic) bond motifs is 1. The van der Waals surface area contributed by atoms with Gasteiger partial charge in [0.15, 0.2) is 5.84 Å². The maximum atomic E-state index is 6.22. The van der Waals surface area contributed by atoms with Gasteiger partial charge in [-0.3, -0.25) is 10.4 Å². The fourth-order valence-corrected chi connectivity index (χ4v) is 2.85. The van der Waals surface area contributed by atoms with Crippen molar-refractivity contribution in [2.75, 3.05) is 0 Å². The highest BCUT2D eigenvalue weighted by molar-refractivity contribution is 6.31. The molecule has 0 bridgehead atoms. The molecule has 0 aliphatic carbocycles. The van der Waals surface area contributed by atoms with Gasteiger partial charge in [-0.2, -0.15) is 5.10 Å². The minimum atomic E-state index is 0.648. The van der Waals surface area contributed by atoms with Crippen molar-refractivity contribution in [3.05, 3.63) is 94.3 Å². The number of aromatic nitrogens is 1. The molecule has 0 saturated carbocycles. The molecule has 0 fully saturated rings. The molecule has 25 heavy (non-hydrogen) atoms. The number of halogens is 1. The molecule has 2 heterocycles. The van der Waals surface area contributed by atoms with Gasteiger partial charge in [0.25, 0.3) is 0 Å². The Bertz CT molecular complexity index is 976. The Morgan fingerprint density at radius 1 is 0.880 bits per heavy atom. The van der Waals surface area contributed by atoms with Crippen molar-refractivity contribution in [2.45, 2.75) is 6.92 Å². The molecule has 1 aliphatic heterocycles. The molecule has 5 heteroatoms. The molecule has 0 amide bonds. The molecule has 0 saturated heterocycles. The molecule has 3 aromatic rings. The summed E-state index contributed by atoms with van der Waals surface area (Å²) in [6, 6.07) is 17.7. The molecular formula is C20H15ClN4. The highest BCUT2D eigenvalue weighted by atomic mass is 35.5. The van der Waals surface area contributed by atoms with Crippen LogP contribution in [-0.2, 0) is 0 Å². The number of nitrogens with zero attached hydrogens (tertiary/aromatic N) is 3. The molecule has 1 aromatic heterocycles. The van der Waals surface area contributed by atoms with E-state index in [2.05, 4.69) is 34.6 Å². The predicted molar refractivity (Wildman–Crippen MR) is 102 cm³/mol. The fraction of sp³-hybridized carbons (Fsp3) is 0.0500.